The third kappa shape index (κ3) is 3.89. The molecule has 6 heteroatoms. The molecule has 0 heterocycles. The van der Waals surface area contributed by atoms with Gasteiger partial charge >= 0.3 is 0 Å². The van der Waals surface area contributed by atoms with Gasteiger partial charge in [-0.25, -0.2) is 0 Å². The number of halogens is 1. The fourth-order valence-electron chi connectivity index (χ4n) is 1.23. The zero-order chi connectivity index (χ0) is 12.8. The number of benzene rings is 1. The topological polar surface area (TPSA) is 67.8 Å². The van der Waals surface area contributed by atoms with Gasteiger partial charge in [-0.2, -0.15) is 0 Å². The minimum atomic E-state index is -0.520. The number of rotatable bonds is 5. The Bertz CT molecular complexity index is 393. The van der Waals surface area contributed by atoms with Crippen LogP contribution in [0.4, 0.5) is 0 Å². The molecule has 5 nitrogen and oxygen atoms in total. The molecule has 1 aromatic carbocycles. The Morgan fingerprint density at radius 3 is 2.65 bits per heavy atom. The summed E-state index contributed by atoms with van der Waals surface area (Å²) in [6.07, 6.45) is -0.520. The minimum absolute atomic E-state index is 0.153. The van der Waals surface area contributed by atoms with Crippen LogP contribution >= 0.6 is 11.6 Å². The standard InChI is InChI=1S/C11H14ClNO4/c1-16-10(17-2)6-13-11(15)8-4-3-7(12)5-9(8)14/h3-5,10,14H,6H2,1-2H3,(H,13,15). The van der Waals surface area contributed by atoms with Crippen LogP contribution in [0.1, 0.15) is 10.4 Å². The normalized spacial score (nSPS) is 10.6. The summed E-state index contributed by atoms with van der Waals surface area (Å²) in [6, 6.07) is 4.28. The second-order valence-corrected chi connectivity index (χ2v) is 3.71. The van der Waals surface area contributed by atoms with Gasteiger partial charge in [-0.3, -0.25) is 4.79 Å². The van der Waals surface area contributed by atoms with Crippen LogP contribution in [0.3, 0.4) is 0 Å². The number of amides is 1. The van der Waals surface area contributed by atoms with Crippen molar-refractivity contribution < 1.29 is 19.4 Å². The van der Waals surface area contributed by atoms with Gasteiger partial charge in [0.1, 0.15) is 5.75 Å². The monoisotopic (exact) mass is 259 g/mol. The Kier molecular flexibility index (Phi) is 5.21. The first kappa shape index (κ1) is 13.8. The molecular formula is C11H14ClNO4. The molecule has 0 saturated heterocycles. The van der Waals surface area contributed by atoms with E-state index in [0.29, 0.717) is 5.02 Å². The molecule has 0 saturated carbocycles. The van der Waals surface area contributed by atoms with E-state index >= 15 is 0 Å². The highest BCUT2D eigenvalue weighted by atomic mass is 35.5. The van der Waals surface area contributed by atoms with Crippen LogP contribution in [-0.2, 0) is 9.47 Å². The van der Waals surface area contributed by atoms with Gasteiger partial charge in [0.05, 0.1) is 12.1 Å². The van der Waals surface area contributed by atoms with Crippen LogP contribution in [0, 0.1) is 0 Å². The van der Waals surface area contributed by atoms with E-state index in [2.05, 4.69) is 5.32 Å². The number of aromatic hydroxyl groups is 1. The van der Waals surface area contributed by atoms with Crippen LogP contribution in [0.15, 0.2) is 18.2 Å². The molecule has 0 bridgehead atoms. The van der Waals surface area contributed by atoms with E-state index in [1.54, 1.807) is 0 Å². The second-order valence-electron chi connectivity index (χ2n) is 3.27. The number of hydrogen-bond donors (Lipinski definition) is 2. The number of carbonyl (C=O) groups excluding carboxylic acids is 1. The average Bonchev–Trinajstić information content (AvgIpc) is 2.30. The fourth-order valence-corrected chi connectivity index (χ4v) is 1.40. The van der Waals surface area contributed by atoms with Crippen LogP contribution < -0.4 is 5.32 Å². The maximum atomic E-state index is 11.7. The maximum absolute atomic E-state index is 11.7. The Balaban J connectivity index is 2.64. The van der Waals surface area contributed by atoms with Crippen LogP contribution in [0.2, 0.25) is 5.02 Å². The third-order valence-corrected chi connectivity index (χ3v) is 2.39. The molecule has 0 aliphatic rings. The lowest BCUT2D eigenvalue weighted by atomic mass is 10.2. The van der Waals surface area contributed by atoms with E-state index in [-0.39, 0.29) is 17.9 Å². The Hall–Kier alpha value is -1.30. The molecule has 0 unspecified atom stereocenters. The first-order valence-corrected chi connectivity index (χ1v) is 5.28. The third-order valence-electron chi connectivity index (χ3n) is 2.16. The molecule has 1 amide bonds. The highest BCUT2D eigenvalue weighted by Crippen LogP contribution is 2.21. The lowest BCUT2D eigenvalue weighted by Crippen LogP contribution is -2.34. The van der Waals surface area contributed by atoms with Gasteiger partial charge in [-0.15, -0.1) is 0 Å². The molecule has 94 valence electrons. The van der Waals surface area contributed by atoms with Crippen molar-refractivity contribution in [2.45, 2.75) is 6.29 Å². The molecule has 17 heavy (non-hydrogen) atoms. The second kappa shape index (κ2) is 6.44. The first-order valence-electron chi connectivity index (χ1n) is 4.90. The fraction of sp³-hybridized carbons (Fsp3) is 0.364. The van der Waals surface area contributed by atoms with Gasteiger partial charge in [0.15, 0.2) is 6.29 Å². The largest absolute Gasteiger partial charge is 0.507 e. The molecule has 0 fully saturated rings. The van der Waals surface area contributed by atoms with Gasteiger partial charge in [0.25, 0.3) is 5.91 Å². The summed E-state index contributed by atoms with van der Waals surface area (Å²) in [6.45, 7) is 0.188. The highest BCUT2D eigenvalue weighted by Gasteiger charge is 2.13. The maximum Gasteiger partial charge on any atom is 0.255 e. The minimum Gasteiger partial charge on any atom is -0.507 e. The number of phenols is 1. The number of methoxy groups -OCH3 is 2. The number of ether oxygens (including phenoxy) is 2. The summed E-state index contributed by atoms with van der Waals surface area (Å²) >= 11 is 5.66. The predicted octanol–water partition coefficient (Wildman–Crippen LogP) is 1.39. The summed E-state index contributed by atoms with van der Waals surface area (Å²) < 4.78 is 9.83. The van der Waals surface area contributed by atoms with Crippen molar-refractivity contribution in [2.75, 3.05) is 20.8 Å². The predicted molar refractivity (Wildman–Crippen MR) is 63.3 cm³/mol. The number of phenolic OH excluding ortho intramolecular Hbond substituents is 1. The van der Waals surface area contributed by atoms with Gasteiger partial charge in [0, 0.05) is 19.2 Å². The Morgan fingerprint density at radius 2 is 2.12 bits per heavy atom. The average molecular weight is 260 g/mol. The summed E-state index contributed by atoms with van der Waals surface area (Å²) in [5.41, 5.74) is 0.153. The summed E-state index contributed by atoms with van der Waals surface area (Å²) in [5, 5.41) is 12.5. The molecule has 0 radical (unpaired) electrons. The van der Waals surface area contributed by atoms with Gasteiger partial charge in [-0.1, -0.05) is 11.6 Å². The molecule has 1 aromatic rings. The van der Waals surface area contributed by atoms with E-state index in [9.17, 15) is 9.90 Å². The van der Waals surface area contributed by atoms with Gasteiger partial charge in [-0.05, 0) is 18.2 Å². The smallest absolute Gasteiger partial charge is 0.255 e. The zero-order valence-electron chi connectivity index (χ0n) is 9.57. The quantitative estimate of drug-likeness (QED) is 0.785. The molecule has 0 spiro atoms. The molecule has 0 atom stereocenters. The van der Waals surface area contributed by atoms with Crippen molar-refractivity contribution >= 4 is 17.5 Å². The molecular weight excluding hydrogens is 246 g/mol. The lowest BCUT2D eigenvalue weighted by molar-refractivity contribution is -0.0974. The van der Waals surface area contributed by atoms with E-state index < -0.39 is 12.2 Å². The van der Waals surface area contributed by atoms with Crippen LogP contribution in [0.25, 0.3) is 0 Å². The molecule has 0 aliphatic carbocycles. The molecule has 0 aliphatic heterocycles. The first-order chi connectivity index (χ1) is 8.08. The van der Waals surface area contributed by atoms with Crippen molar-refractivity contribution in [3.05, 3.63) is 28.8 Å². The zero-order valence-corrected chi connectivity index (χ0v) is 10.3. The number of hydrogen-bond acceptors (Lipinski definition) is 4. The number of carbonyl (C=O) groups is 1. The van der Waals surface area contributed by atoms with Crippen LogP contribution in [-0.4, -0.2) is 38.1 Å². The van der Waals surface area contributed by atoms with Gasteiger partial charge < -0.3 is 19.9 Å². The van der Waals surface area contributed by atoms with Crippen molar-refractivity contribution in [1.82, 2.24) is 5.32 Å². The lowest BCUT2D eigenvalue weighted by Gasteiger charge is -2.14. The molecule has 0 aromatic heterocycles. The van der Waals surface area contributed by atoms with E-state index in [0.717, 1.165) is 0 Å². The molecule has 2 N–H and O–H groups in total. The van der Waals surface area contributed by atoms with Crippen molar-refractivity contribution in [3.8, 4) is 5.75 Å². The van der Waals surface area contributed by atoms with Crippen LogP contribution in [0.5, 0.6) is 5.75 Å². The summed E-state index contributed by atoms with van der Waals surface area (Å²) in [5.74, 6) is -0.584. The van der Waals surface area contributed by atoms with E-state index in [1.807, 2.05) is 0 Å². The molecule has 1 rings (SSSR count). The Morgan fingerprint density at radius 1 is 1.47 bits per heavy atom. The van der Waals surface area contributed by atoms with Gasteiger partial charge in [0.2, 0.25) is 0 Å². The Labute approximate surface area is 104 Å². The summed E-state index contributed by atoms with van der Waals surface area (Å²) in [4.78, 5) is 11.7. The van der Waals surface area contributed by atoms with Crippen molar-refractivity contribution in [3.63, 3.8) is 0 Å². The summed E-state index contributed by atoms with van der Waals surface area (Å²) in [7, 11) is 2.94. The highest BCUT2D eigenvalue weighted by molar-refractivity contribution is 6.30. The SMILES string of the molecule is COC(CNC(=O)c1ccc(Cl)cc1O)OC. The number of nitrogens with one attached hydrogen (secondary N) is 1. The van der Waals surface area contributed by atoms with Crippen molar-refractivity contribution in [2.24, 2.45) is 0 Å². The van der Waals surface area contributed by atoms with Crippen molar-refractivity contribution in [1.29, 1.82) is 0 Å². The van der Waals surface area contributed by atoms with E-state index in [1.165, 1.54) is 32.4 Å². The van der Waals surface area contributed by atoms with E-state index in [4.69, 9.17) is 21.1 Å².